The van der Waals surface area contributed by atoms with Crippen molar-refractivity contribution in [1.82, 2.24) is 0 Å². The Labute approximate surface area is 157 Å². The number of nitrogens with one attached hydrogen (secondary N) is 1. The minimum absolute atomic E-state index is 0.282. The zero-order chi connectivity index (χ0) is 18.7. The Kier molecular flexibility index (Phi) is 5.25. The highest BCUT2D eigenvalue weighted by atomic mass is 35.5. The van der Waals surface area contributed by atoms with E-state index < -0.39 is 24.1 Å². The molecule has 1 heterocycles. The number of esters is 1. The second-order valence-electron chi connectivity index (χ2n) is 5.23. The van der Waals surface area contributed by atoms with E-state index in [1.165, 1.54) is 18.2 Å². The monoisotopic (exact) mass is 391 g/mol. The Hall–Kier alpha value is -2.83. The average molecular weight is 392 g/mol. The van der Waals surface area contributed by atoms with Crippen molar-refractivity contribution in [2.75, 3.05) is 11.9 Å². The van der Waals surface area contributed by atoms with Gasteiger partial charge in [-0.1, -0.05) is 41.4 Å². The number of carbonyl (C=O) groups excluding carboxylic acids is 2. The molecule has 0 unspecified atom stereocenters. The Morgan fingerprint density at radius 1 is 1.08 bits per heavy atom. The molecule has 2 aromatic carbocycles. The van der Waals surface area contributed by atoms with E-state index in [9.17, 15) is 14.4 Å². The van der Waals surface area contributed by atoms with Crippen LogP contribution in [0, 0.1) is 0 Å². The third kappa shape index (κ3) is 4.04. The fourth-order valence-electron chi connectivity index (χ4n) is 2.19. The molecule has 0 aliphatic carbocycles. The molecule has 26 heavy (non-hydrogen) atoms. The summed E-state index contributed by atoms with van der Waals surface area (Å²) in [4.78, 5) is 35.9. The Bertz CT molecular complexity index is 1060. The molecule has 6 nitrogen and oxygen atoms in total. The first-order valence-electron chi connectivity index (χ1n) is 7.39. The van der Waals surface area contributed by atoms with Crippen LogP contribution in [0.5, 0.6) is 0 Å². The highest BCUT2D eigenvalue weighted by molar-refractivity contribution is 6.35. The SMILES string of the molecule is O=C(COC(=O)c1cc2ccccc2oc1=O)Nc1cc(Cl)ccc1Cl. The van der Waals surface area contributed by atoms with Gasteiger partial charge in [0, 0.05) is 10.4 Å². The molecule has 0 saturated heterocycles. The summed E-state index contributed by atoms with van der Waals surface area (Å²) in [5, 5.41) is 3.70. The lowest BCUT2D eigenvalue weighted by molar-refractivity contribution is -0.119. The van der Waals surface area contributed by atoms with Gasteiger partial charge in [-0.2, -0.15) is 0 Å². The third-order valence-corrected chi connectivity index (χ3v) is 3.96. The van der Waals surface area contributed by atoms with Gasteiger partial charge in [0.25, 0.3) is 5.91 Å². The zero-order valence-electron chi connectivity index (χ0n) is 13.1. The molecule has 0 aliphatic rings. The Balaban J connectivity index is 1.69. The lowest BCUT2D eigenvalue weighted by Gasteiger charge is -2.08. The van der Waals surface area contributed by atoms with Gasteiger partial charge in [-0.05, 0) is 30.3 Å². The van der Waals surface area contributed by atoms with E-state index in [4.69, 9.17) is 32.4 Å². The fourth-order valence-corrected chi connectivity index (χ4v) is 2.53. The van der Waals surface area contributed by atoms with Gasteiger partial charge in [-0.15, -0.1) is 0 Å². The average Bonchev–Trinajstić information content (AvgIpc) is 2.62. The van der Waals surface area contributed by atoms with Crippen LogP contribution in [0.15, 0.2) is 57.7 Å². The molecule has 1 amide bonds. The first kappa shape index (κ1) is 18.0. The molecule has 0 saturated carbocycles. The largest absolute Gasteiger partial charge is 0.452 e. The van der Waals surface area contributed by atoms with Crippen molar-refractivity contribution in [1.29, 1.82) is 0 Å². The van der Waals surface area contributed by atoms with Crippen molar-refractivity contribution >= 4 is 51.7 Å². The number of hydrogen-bond donors (Lipinski definition) is 1. The lowest BCUT2D eigenvalue weighted by atomic mass is 10.2. The van der Waals surface area contributed by atoms with Crippen molar-refractivity contribution in [3.05, 3.63) is 74.6 Å². The van der Waals surface area contributed by atoms with Crippen LogP contribution < -0.4 is 10.9 Å². The summed E-state index contributed by atoms with van der Waals surface area (Å²) >= 11 is 11.8. The second kappa shape index (κ2) is 7.59. The number of fused-ring (bicyclic) bond motifs is 1. The predicted molar refractivity (Wildman–Crippen MR) is 97.9 cm³/mol. The fraction of sp³-hybridized carbons (Fsp3) is 0.0556. The highest BCUT2D eigenvalue weighted by Gasteiger charge is 2.17. The van der Waals surface area contributed by atoms with E-state index in [0.717, 1.165) is 0 Å². The number of halogens is 2. The summed E-state index contributed by atoms with van der Waals surface area (Å²) in [6.45, 7) is -0.603. The summed E-state index contributed by atoms with van der Waals surface area (Å²) in [5.74, 6) is -1.59. The van der Waals surface area contributed by atoms with Crippen molar-refractivity contribution in [2.24, 2.45) is 0 Å². The highest BCUT2D eigenvalue weighted by Crippen LogP contribution is 2.25. The van der Waals surface area contributed by atoms with Crippen molar-refractivity contribution in [3.8, 4) is 0 Å². The number of carbonyl (C=O) groups is 2. The van der Waals surface area contributed by atoms with E-state index in [1.807, 2.05) is 0 Å². The number of benzene rings is 2. The van der Waals surface area contributed by atoms with E-state index >= 15 is 0 Å². The van der Waals surface area contributed by atoms with E-state index in [0.29, 0.717) is 16.0 Å². The molecule has 0 radical (unpaired) electrons. The smallest absolute Gasteiger partial charge is 0.351 e. The molecule has 0 aliphatic heterocycles. The summed E-state index contributed by atoms with van der Waals surface area (Å²) < 4.78 is 9.93. The second-order valence-corrected chi connectivity index (χ2v) is 6.08. The lowest BCUT2D eigenvalue weighted by Crippen LogP contribution is -2.23. The van der Waals surface area contributed by atoms with Crippen molar-refractivity contribution < 1.29 is 18.7 Å². The van der Waals surface area contributed by atoms with Crippen molar-refractivity contribution in [3.63, 3.8) is 0 Å². The molecule has 132 valence electrons. The minimum Gasteiger partial charge on any atom is -0.452 e. The molecule has 3 rings (SSSR count). The topological polar surface area (TPSA) is 85.6 Å². The van der Waals surface area contributed by atoms with E-state index in [1.54, 1.807) is 30.3 Å². The number of ether oxygens (including phenoxy) is 1. The van der Waals surface area contributed by atoms with Gasteiger partial charge in [-0.25, -0.2) is 9.59 Å². The van der Waals surface area contributed by atoms with Crippen LogP contribution in [0.4, 0.5) is 5.69 Å². The molecule has 0 spiro atoms. The molecule has 0 atom stereocenters. The van der Waals surface area contributed by atoms with E-state index in [2.05, 4.69) is 5.32 Å². The summed E-state index contributed by atoms with van der Waals surface area (Å²) in [6, 6.07) is 12.6. The summed E-state index contributed by atoms with van der Waals surface area (Å²) in [6.07, 6.45) is 0. The van der Waals surface area contributed by atoms with Crippen LogP contribution in [-0.2, 0) is 9.53 Å². The van der Waals surface area contributed by atoms with Gasteiger partial charge in [0.15, 0.2) is 6.61 Å². The van der Waals surface area contributed by atoms with Gasteiger partial charge in [0.1, 0.15) is 11.1 Å². The van der Waals surface area contributed by atoms with Crippen LogP contribution in [0.2, 0.25) is 10.0 Å². The molecule has 1 aromatic heterocycles. The molecule has 0 fully saturated rings. The normalized spacial score (nSPS) is 10.5. The van der Waals surface area contributed by atoms with Gasteiger partial charge in [-0.3, -0.25) is 4.79 Å². The van der Waals surface area contributed by atoms with Crippen LogP contribution >= 0.6 is 23.2 Å². The number of amides is 1. The van der Waals surface area contributed by atoms with Gasteiger partial charge < -0.3 is 14.5 Å². The Morgan fingerprint density at radius 2 is 1.85 bits per heavy atom. The number of rotatable bonds is 4. The molecule has 3 aromatic rings. The van der Waals surface area contributed by atoms with Crippen LogP contribution in [0.25, 0.3) is 11.0 Å². The maximum Gasteiger partial charge on any atom is 0.351 e. The maximum atomic E-state index is 12.1. The van der Waals surface area contributed by atoms with E-state index in [-0.39, 0.29) is 16.3 Å². The third-order valence-electron chi connectivity index (χ3n) is 3.40. The van der Waals surface area contributed by atoms with Gasteiger partial charge in [0.2, 0.25) is 0 Å². The maximum absolute atomic E-state index is 12.1. The van der Waals surface area contributed by atoms with Gasteiger partial charge >= 0.3 is 11.6 Å². The molecule has 0 bridgehead atoms. The van der Waals surface area contributed by atoms with Crippen LogP contribution in [0.3, 0.4) is 0 Å². The molecular weight excluding hydrogens is 381 g/mol. The van der Waals surface area contributed by atoms with Crippen LogP contribution in [0.1, 0.15) is 10.4 Å². The molecule has 1 N–H and O–H groups in total. The molecule has 8 heteroatoms. The summed E-state index contributed by atoms with van der Waals surface area (Å²) in [5.41, 5.74) is -0.503. The van der Waals surface area contributed by atoms with Crippen molar-refractivity contribution in [2.45, 2.75) is 0 Å². The first-order valence-corrected chi connectivity index (χ1v) is 8.14. The van der Waals surface area contributed by atoms with Gasteiger partial charge in [0.05, 0.1) is 10.7 Å². The quantitative estimate of drug-likeness (QED) is 0.538. The first-order chi connectivity index (χ1) is 12.4. The number of hydrogen-bond acceptors (Lipinski definition) is 5. The minimum atomic E-state index is -0.961. The summed E-state index contributed by atoms with van der Waals surface area (Å²) in [7, 11) is 0. The molecular formula is C18H11Cl2NO5. The zero-order valence-corrected chi connectivity index (χ0v) is 14.6. The van der Waals surface area contributed by atoms with Crippen LogP contribution in [-0.4, -0.2) is 18.5 Å². The Morgan fingerprint density at radius 3 is 2.65 bits per heavy atom. The number of anilines is 1. The number of para-hydroxylation sites is 1. The predicted octanol–water partition coefficient (Wildman–Crippen LogP) is 3.90. The standard InChI is InChI=1S/C18H11Cl2NO5/c19-11-5-6-13(20)14(8-11)21-16(22)9-25-17(23)12-7-10-3-1-2-4-15(10)26-18(12)24/h1-8H,9H2,(H,21,22).